The molecule has 3 rings (SSSR count). The average Bonchev–Trinajstić information content (AvgIpc) is 2.73. The Morgan fingerprint density at radius 3 is 2.67 bits per heavy atom. The second kappa shape index (κ2) is 10.0. The number of aromatic hydroxyl groups is 1. The summed E-state index contributed by atoms with van der Waals surface area (Å²) < 4.78 is 10.8. The Balaban J connectivity index is 1.67. The van der Waals surface area contributed by atoms with Crippen LogP contribution in [0.25, 0.3) is 0 Å². The maximum Gasteiger partial charge on any atom is 0.275 e. The molecule has 3 aromatic rings. The van der Waals surface area contributed by atoms with Crippen molar-refractivity contribution in [2.75, 3.05) is 7.11 Å². The number of phenols is 1. The highest BCUT2D eigenvalue weighted by atomic mass is 35.5. The summed E-state index contributed by atoms with van der Waals surface area (Å²) in [6, 6.07) is 16.8. The predicted molar refractivity (Wildman–Crippen MR) is 117 cm³/mol. The molecule has 0 saturated heterocycles. The quantitative estimate of drug-likeness (QED) is 0.394. The van der Waals surface area contributed by atoms with Crippen molar-refractivity contribution in [3.63, 3.8) is 0 Å². The minimum absolute atomic E-state index is 0.0786. The van der Waals surface area contributed by atoms with Gasteiger partial charge in [-0.2, -0.15) is 5.10 Å². The molecule has 0 aromatic heterocycles. The molecule has 1 amide bonds. The highest BCUT2D eigenvalue weighted by Gasteiger charge is 2.11. The van der Waals surface area contributed by atoms with Gasteiger partial charge < -0.3 is 14.6 Å². The van der Waals surface area contributed by atoms with Crippen LogP contribution in [0, 0.1) is 0 Å². The third-order valence-corrected chi connectivity index (χ3v) is 4.72. The van der Waals surface area contributed by atoms with Gasteiger partial charge in [-0.05, 0) is 36.4 Å². The van der Waals surface area contributed by atoms with Gasteiger partial charge in [-0.3, -0.25) is 4.79 Å². The summed E-state index contributed by atoms with van der Waals surface area (Å²) in [7, 11) is 1.47. The standard InChI is InChI=1S/C22H18Cl2N2O4/c1-29-17-8-9-18(20(27)11-17)22(28)26-25-12-14-4-2-3-5-21(14)30-13-15-6-7-16(23)10-19(15)24/h2-12,27H,13H2,1H3,(H,26,28)/b25-12-. The normalized spacial score (nSPS) is 10.8. The van der Waals surface area contributed by atoms with E-state index in [0.717, 1.165) is 5.56 Å². The Morgan fingerprint density at radius 2 is 1.93 bits per heavy atom. The number of hydrogen-bond donors (Lipinski definition) is 2. The molecule has 0 spiro atoms. The Hall–Kier alpha value is -3.22. The first-order valence-corrected chi connectivity index (χ1v) is 9.59. The number of nitrogens with one attached hydrogen (secondary N) is 1. The van der Waals surface area contributed by atoms with E-state index in [1.165, 1.54) is 25.5 Å². The number of amides is 1. The number of hydrazone groups is 1. The van der Waals surface area contributed by atoms with Crippen molar-refractivity contribution in [2.24, 2.45) is 5.10 Å². The van der Waals surface area contributed by atoms with Gasteiger partial charge in [-0.25, -0.2) is 5.43 Å². The summed E-state index contributed by atoms with van der Waals surface area (Å²) in [6.07, 6.45) is 1.46. The van der Waals surface area contributed by atoms with Gasteiger partial charge in [0.15, 0.2) is 0 Å². The molecule has 0 fully saturated rings. The van der Waals surface area contributed by atoms with Gasteiger partial charge in [0.05, 0.1) is 18.9 Å². The van der Waals surface area contributed by atoms with Crippen LogP contribution in [0.5, 0.6) is 17.2 Å². The Kier molecular flexibility index (Phi) is 7.17. The molecule has 0 aliphatic rings. The van der Waals surface area contributed by atoms with Crippen molar-refractivity contribution in [1.82, 2.24) is 5.43 Å². The molecule has 0 unspecified atom stereocenters. The first-order valence-electron chi connectivity index (χ1n) is 8.84. The zero-order chi connectivity index (χ0) is 21.5. The van der Waals surface area contributed by atoms with E-state index in [1.54, 1.807) is 36.4 Å². The fraction of sp³-hybridized carbons (Fsp3) is 0.0909. The van der Waals surface area contributed by atoms with Crippen LogP contribution >= 0.6 is 23.2 Å². The van der Waals surface area contributed by atoms with Gasteiger partial charge >= 0.3 is 0 Å². The summed E-state index contributed by atoms with van der Waals surface area (Å²) in [4.78, 5) is 12.2. The van der Waals surface area contributed by atoms with E-state index in [9.17, 15) is 9.90 Å². The molecule has 0 atom stereocenters. The minimum atomic E-state index is -0.558. The van der Waals surface area contributed by atoms with Crippen LogP contribution in [0.1, 0.15) is 21.5 Å². The number of rotatable bonds is 7. The maximum atomic E-state index is 12.2. The molecule has 0 aliphatic heterocycles. The van der Waals surface area contributed by atoms with Crippen molar-refractivity contribution in [2.45, 2.75) is 6.61 Å². The molecule has 2 N–H and O–H groups in total. The van der Waals surface area contributed by atoms with Crippen LogP contribution in [-0.4, -0.2) is 24.3 Å². The molecule has 3 aromatic carbocycles. The lowest BCUT2D eigenvalue weighted by Gasteiger charge is -2.10. The van der Waals surface area contributed by atoms with Gasteiger partial charge in [-0.15, -0.1) is 0 Å². The lowest BCUT2D eigenvalue weighted by atomic mass is 10.2. The Bertz CT molecular complexity index is 1090. The van der Waals surface area contributed by atoms with E-state index in [-0.39, 0.29) is 17.9 Å². The van der Waals surface area contributed by atoms with Crippen LogP contribution in [0.15, 0.2) is 65.8 Å². The third kappa shape index (κ3) is 5.43. The third-order valence-electron chi connectivity index (χ3n) is 4.14. The molecule has 154 valence electrons. The number of ether oxygens (including phenoxy) is 2. The molecular formula is C22H18Cl2N2O4. The maximum absolute atomic E-state index is 12.2. The van der Waals surface area contributed by atoms with Crippen LogP contribution in [0.4, 0.5) is 0 Å². The van der Waals surface area contributed by atoms with Crippen molar-refractivity contribution < 1.29 is 19.4 Å². The summed E-state index contributed by atoms with van der Waals surface area (Å²) in [5, 5.41) is 15.0. The highest BCUT2D eigenvalue weighted by molar-refractivity contribution is 6.35. The van der Waals surface area contributed by atoms with E-state index in [0.29, 0.717) is 27.1 Å². The lowest BCUT2D eigenvalue weighted by molar-refractivity contribution is 0.0952. The lowest BCUT2D eigenvalue weighted by Crippen LogP contribution is -2.17. The zero-order valence-corrected chi connectivity index (χ0v) is 17.4. The second-order valence-electron chi connectivity index (χ2n) is 6.14. The number of methoxy groups -OCH3 is 1. The number of halogens is 2. The minimum Gasteiger partial charge on any atom is -0.507 e. The van der Waals surface area contributed by atoms with E-state index in [2.05, 4.69) is 10.5 Å². The molecule has 8 heteroatoms. The van der Waals surface area contributed by atoms with Gasteiger partial charge in [0.1, 0.15) is 23.9 Å². The summed E-state index contributed by atoms with van der Waals surface area (Å²) in [5.74, 6) is 0.247. The van der Waals surface area contributed by atoms with Crippen LogP contribution in [0.3, 0.4) is 0 Å². The number of nitrogens with zero attached hydrogens (tertiary/aromatic N) is 1. The first-order chi connectivity index (χ1) is 14.5. The van der Waals surface area contributed by atoms with Crippen LogP contribution in [-0.2, 0) is 6.61 Å². The second-order valence-corrected chi connectivity index (χ2v) is 6.99. The predicted octanol–water partition coefficient (Wildman–Crippen LogP) is 5.05. The van der Waals surface area contributed by atoms with Crippen LogP contribution in [0.2, 0.25) is 10.0 Å². The summed E-state index contributed by atoms with van der Waals surface area (Å²) in [5.41, 5.74) is 3.90. The molecule has 30 heavy (non-hydrogen) atoms. The topological polar surface area (TPSA) is 80.2 Å². The largest absolute Gasteiger partial charge is 0.507 e. The molecule has 0 radical (unpaired) electrons. The van der Waals surface area contributed by atoms with E-state index in [1.807, 2.05) is 12.1 Å². The summed E-state index contributed by atoms with van der Waals surface area (Å²) >= 11 is 12.1. The van der Waals surface area contributed by atoms with Crippen molar-refractivity contribution in [1.29, 1.82) is 0 Å². The SMILES string of the molecule is COc1ccc(C(=O)N/N=C\c2ccccc2OCc2ccc(Cl)cc2Cl)c(O)c1. The molecular weight excluding hydrogens is 427 g/mol. The number of benzene rings is 3. The number of carbonyl (C=O) groups excluding carboxylic acids is 1. The van der Waals surface area contributed by atoms with Gasteiger partial charge in [0.25, 0.3) is 5.91 Å². The Labute approximate surface area is 183 Å². The van der Waals surface area contributed by atoms with Crippen molar-refractivity contribution in [3.8, 4) is 17.2 Å². The first kappa shape index (κ1) is 21.5. The molecule has 0 saturated carbocycles. The Morgan fingerprint density at radius 1 is 1.13 bits per heavy atom. The molecule has 0 aliphatic carbocycles. The fourth-order valence-electron chi connectivity index (χ4n) is 2.56. The molecule has 0 bridgehead atoms. The smallest absolute Gasteiger partial charge is 0.275 e. The zero-order valence-electron chi connectivity index (χ0n) is 15.9. The molecule has 0 heterocycles. The number of para-hydroxylation sites is 1. The van der Waals surface area contributed by atoms with Crippen molar-refractivity contribution >= 4 is 35.3 Å². The van der Waals surface area contributed by atoms with Crippen LogP contribution < -0.4 is 14.9 Å². The van der Waals surface area contributed by atoms with Gasteiger partial charge in [0.2, 0.25) is 0 Å². The average molecular weight is 445 g/mol. The highest BCUT2D eigenvalue weighted by Crippen LogP contribution is 2.25. The van der Waals surface area contributed by atoms with Gasteiger partial charge in [0, 0.05) is 27.2 Å². The fourth-order valence-corrected chi connectivity index (χ4v) is 3.03. The number of carbonyl (C=O) groups is 1. The molecule has 6 nitrogen and oxygen atoms in total. The van der Waals surface area contributed by atoms with E-state index < -0.39 is 5.91 Å². The summed E-state index contributed by atoms with van der Waals surface area (Å²) in [6.45, 7) is 0.243. The number of phenolic OH excluding ortho intramolecular Hbond substituents is 1. The van der Waals surface area contributed by atoms with Gasteiger partial charge in [-0.1, -0.05) is 41.4 Å². The van der Waals surface area contributed by atoms with E-state index in [4.69, 9.17) is 32.7 Å². The number of hydrogen-bond acceptors (Lipinski definition) is 5. The monoisotopic (exact) mass is 444 g/mol. The van der Waals surface area contributed by atoms with E-state index >= 15 is 0 Å². The van der Waals surface area contributed by atoms with Crippen molar-refractivity contribution in [3.05, 3.63) is 87.4 Å².